The molecule has 8 aromatic carbocycles. The molecular weight excluding hydrogens is 721 g/mol. The maximum atomic E-state index is 10.6. The van der Waals surface area contributed by atoms with Crippen LogP contribution in [0.25, 0.3) is 66.6 Å². The predicted octanol–water partition coefficient (Wildman–Crippen LogP) is 10.0. The van der Waals surface area contributed by atoms with E-state index in [1.54, 1.807) is 0 Å². The number of para-hydroxylation sites is 4. The molecule has 274 valence electrons. The lowest BCUT2D eigenvalue weighted by atomic mass is 10.1. The lowest BCUT2D eigenvalue weighted by molar-refractivity contribution is 0.952. The van der Waals surface area contributed by atoms with Crippen molar-refractivity contribution in [1.29, 1.82) is 0 Å². The van der Waals surface area contributed by atoms with E-state index in [0.717, 1.165) is 17.6 Å². The quantitative estimate of drug-likeness (QED) is 0.119. The molecule has 11 rings (SSSR count). The fourth-order valence-electron chi connectivity index (χ4n) is 6.88. The van der Waals surface area contributed by atoms with Crippen LogP contribution in [0.5, 0.6) is 0 Å². The van der Waals surface area contributed by atoms with Crippen molar-refractivity contribution in [3.8, 4) is 23.0 Å². The smallest absolute Gasteiger partial charge is 0.237 e. The summed E-state index contributed by atoms with van der Waals surface area (Å²) < 4.78 is 316. The molecule has 0 unspecified atom stereocenters. The van der Waals surface area contributed by atoms with Crippen LogP contribution in [0.1, 0.15) is 52.2 Å². The van der Waals surface area contributed by atoms with E-state index in [1.165, 1.54) is 0 Å². The van der Waals surface area contributed by atoms with Gasteiger partial charge in [-0.1, -0.05) is 187 Å². The van der Waals surface area contributed by atoms with Crippen molar-refractivity contribution >= 4 is 72.4 Å². The third kappa shape index (κ3) is 5.28. The third-order valence-electron chi connectivity index (χ3n) is 9.33. The molecule has 0 amide bonds. The Morgan fingerprint density at radius 3 is 1.36 bits per heavy atom. The minimum atomic E-state index is -6.49. The fraction of sp³-hybridized carbons (Fsp3) is 0.0189. The van der Waals surface area contributed by atoms with Crippen LogP contribution in [-0.2, 0) is 0 Å². The summed E-state index contributed by atoms with van der Waals surface area (Å²) in [6.45, 7) is 1.13. The molecule has 0 aliphatic rings. The Labute approximate surface area is 385 Å². The second-order valence-electron chi connectivity index (χ2n) is 12.5. The molecule has 0 saturated heterocycles. The number of aromatic nitrogens is 4. The maximum Gasteiger partial charge on any atom is 0.237 e. The Hall–Kier alpha value is -7.34. The highest BCUT2D eigenvalue weighted by atomic mass is 28.3. The number of nitrogens with zero attached hydrogens (tertiary/aromatic N) is 4. The van der Waals surface area contributed by atoms with E-state index in [2.05, 4.69) is 4.98 Å². The van der Waals surface area contributed by atoms with Crippen LogP contribution >= 0.6 is 0 Å². The van der Waals surface area contributed by atoms with E-state index in [-0.39, 0.29) is 0 Å². The summed E-state index contributed by atoms with van der Waals surface area (Å²) in [5.74, 6) is -1.86. The average Bonchev–Trinajstić information content (AvgIpc) is 0.793. The van der Waals surface area contributed by atoms with Crippen LogP contribution in [0.4, 0.5) is 0 Å². The summed E-state index contributed by atoms with van der Waals surface area (Å²) >= 11 is 0. The number of hydrogen-bond donors (Lipinski definition) is 0. The monoisotopic (exact) mass is 792 g/mol. The van der Waals surface area contributed by atoms with Gasteiger partial charge in [0.2, 0.25) is 5.95 Å². The van der Waals surface area contributed by atoms with Gasteiger partial charge in [-0.15, -0.1) is 0 Å². The van der Waals surface area contributed by atoms with Crippen LogP contribution < -0.4 is 20.7 Å². The second-order valence-corrected chi connectivity index (χ2v) is 16.0. The highest BCUT2D eigenvalue weighted by Crippen LogP contribution is 2.35. The van der Waals surface area contributed by atoms with Gasteiger partial charge in [-0.05, 0) is 51.8 Å². The highest BCUT2D eigenvalue weighted by molar-refractivity contribution is 7.19. The van der Waals surface area contributed by atoms with Crippen LogP contribution in [0.2, 0.25) is 0 Å². The maximum absolute atomic E-state index is 10.6. The van der Waals surface area contributed by atoms with Crippen LogP contribution in [0.15, 0.2) is 212 Å². The molecule has 0 aliphatic carbocycles. The van der Waals surface area contributed by atoms with E-state index >= 15 is 0 Å². The van der Waals surface area contributed by atoms with Crippen molar-refractivity contribution in [1.82, 2.24) is 19.1 Å². The lowest BCUT2D eigenvalue weighted by Crippen LogP contribution is -2.74. The zero-order valence-corrected chi connectivity index (χ0v) is 30.4. The van der Waals surface area contributed by atoms with Gasteiger partial charge in [0.1, 0.15) is 5.82 Å². The molecular formula is C53H38N4Si. The Kier molecular flexibility index (Phi) is 3.29. The van der Waals surface area contributed by atoms with Gasteiger partial charge < -0.3 is 0 Å². The summed E-state index contributed by atoms with van der Waals surface area (Å²) in [5.41, 5.74) is -5.20. The number of rotatable bonds is 7. The zero-order valence-electron chi connectivity index (χ0n) is 63.4. The summed E-state index contributed by atoms with van der Waals surface area (Å²) in [6, 6.07) is -35.9. The number of hydrogen-bond acceptors (Lipinski definition) is 2. The Balaban J connectivity index is 1.49. The third-order valence-corrected chi connectivity index (χ3v) is 13.3. The standard InChI is InChI=1S/C53H38N4Si/c1-37-31-33-41(34-32-37)58(39-18-4-2-5-19-39,40-20-6-3-7-21-40)42-22-16-17-38(35-42)47-36-52(56-48-27-12-8-23-43(48)44-24-9-13-28-49(44)56)55-53(54-47)57-50-29-14-10-25-45(50)46-26-11-15-30-51(46)57/h2-36H,1H3/i2D,3D,4D,5D,6D,7D,8D,9D,10D,11D,12D,13D,14D,15D,16D,17D,18D,19D,20D,21D,22D,23D,24D,25D,26D,27D,28D,29D,30D,31D,32D,33D,34D,35D. The molecule has 0 bridgehead atoms. The number of benzene rings is 8. The van der Waals surface area contributed by atoms with Crippen molar-refractivity contribution < 1.29 is 46.6 Å². The molecule has 5 heteroatoms. The Morgan fingerprint density at radius 2 is 0.845 bits per heavy atom. The minimum absolute atomic E-state index is 0.394. The Morgan fingerprint density at radius 1 is 0.414 bits per heavy atom. The van der Waals surface area contributed by atoms with Gasteiger partial charge in [0.05, 0.1) is 74.4 Å². The molecule has 0 fully saturated rings. The van der Waals surface area contributed by atoms with E-state index in [4.69, 9.17) is 29.7 Å². The van der Waals surface area contributed by atoms with Gasteiger partial charge in [-0.3, -0.25) is 9.13 Å². The minimum Gasteiger partial charge on any atom is -0.294 e. The highest BCUT2D eigenvalue weighted by Gasteiger charge is 2.41. The molecule has 58 heavy (non-hydrogen) atoms. The van der Waals surface area contributed by atoms with Gasteiger partial charge in [-0.25, -0.2) is 4.98 Å². The van der Waals surface area contributed by atoms with Crippen molar-refractivity contribution in [2.24, 2.45) is 0 Å². The second kappa shape index (κ2) is 13.7. The molecule has 0 atom stereocenters. The molecule has 0 N–H and O–H groups in total. The summed E-state index contributed by atoms with van der Waals surface area (Å²) in [4.78, 5) is 9.37. The van der Waals surface area contributed by atoms with Crippen LogP contribution in [0, 0.1) is 6.92 Å². The molecule has 3 aromatic heterocycles. The first-order chi connectivity index (χ1) is 42.8. The average molecular weight is 793 g/mol. The van der Waals surface area contributed by atoms with Crippen molar-refractivity contribution in [2.45, 2.75) is 6.92 Å². The normalized spacial score (nSPS) is 20.1. The first-order valence-electron chi connectivity index (χ1n) is 34.1. The van der Waals surface area contributed by atoms with Crippen molar-refractivity contribution in [3.63, 3.8) is 0 Å². The van der Waals surface area contributed by atoms with E-state index < -0.39 is 306 Å². The molecule has 0 spiro atoms. The number of fused-ring (bicyclic) bond motifs is 6. The first-order valence-corrected chi connectivity index (χ1v) is 19.1. The predicted molar refractivity (Wildman–Crippen MR) is 244 cm³/mol. The Bertz CT molecular complexity index is 4720. The fourth-order valence-corrected chi connectivity index (χ4v) is 10.4. The van der Waals surface area contributed by atoms with Crippen molar-refractivity contribution in [2.75, 3.05) is 0 Å². The molecule has 0 aliphatic heterocycles. The van der Waals surface area contributed by atoms with E-state index in [1.807, 2.05) is 0 Å². The zero-order chi connectivity index (χ0) is 68.2. The molecule has 0 radical (unpaired) electrons. The summed E-state index contributed by atoms with van der Waals surface area (Å²) in [6.07, 6.45) is 0. The van der Waals surface area contributed by atoms with Gasteiger partial charge in [-0.2, -0.15) is 4.98 Å². The molecule has 0 saturated carbocycles. The SMILES string of the molecule is [2H]c1c([2H])c([2H])c([Si](c2c([2H])c([2H])c([2H])c([2H])c2[2H])(c2c([2H])c([2H])c(C)c([2H])c2[2H])c2c([2H])c([2H])c([2H])c(-c3cc(-n4c5c([2H])c([2H])c([2H])c([2H])c5c5c([2H])c([2H])c([2H])c([2H])c54)nc(-n4c5c([2H])c([2H])c([2H])c([2H])c5c5c([2H])c([2H])c([2H])c([2H])c54)n3)c2[2H])c([2H])c1[2H]. The van der Waals surface area contributed by atoms with Gasteiger partial charge >= 0.3 is 0 Å². The van der Waals surface area contributed by atoms with Gasteiger partial charge in [0.15, 0.2) is 8.07 Å². The lowest BCUT2D eigenvalue weighted by Gasteiger charge is -2.34. The van der Waals surface area contributed by atoms with E-state index in [9.17, 15) is 21.9 Å². The largest absolute Gasteiger partial charge is 0.294 e. The first kappa shape index (κ1) is 13.9. The van der Waals surface area contributed by atoms with Crippen LogP contribution in [-0.4, -0.2) is 27.2 Å². The molecule has 11 aromatic rings. The van der Waals surface area contributed by atoms with Gasteiger partial charge in [0, 0.05) is 33.2 Å². The van der Waals surface area contributed by atoms with Crippen LogP contribution in [0.3, 0.4) is 0 Å². The van der Waals surface area contributed by atoms with Crippen molar-refractivity contribution in [3.05, 3.63) is 217 Å². The van der Waals surface area contributed by atoms with E-state index in [0.29, 0.717) is 4.57 Å². The topological polar surface area (TPSA) is 35.6 Å². The molecule has 3 heterocycles. The summed E-state index contributed by atoms with van der Waals surface area (Å²) in [7, 11) is -6.49. The molecule has 4 nitrogen and oxygen atoms in total. The van der Waals surface area contributed by atoms with Gasteiger partial charge in [0.25, 0.3) is 0 Å². The summed E-state index contributed by atoms with van der Waals surface area (Å²) in [5, 5.41) is -6.97.